The molecule has 5 heteroatoms. The lowest BCUT2D eigenvalue weighted by Gasteiger charge is -2.13. The Bertz CT molecular complexity index is 658. The summed E-state index contributed by atoms with van der Waals surface area (Å²) in [4.78, 5) is 11.9. The van der Waals surface area contributed by atoms with Crippen molar-refractivity contribution in [1.29, 1.82) is 0 Å². The average molecular weight is 348 g/mol. The average Bonchev–Trinajstić information content (AvgIpc) is 2.60. The number of halogens is 1. The standard InChI is InChI=1S/C19H22ClNO3/c1-24-15-11-9-14(10-12-15)5-4-8-19(23)21-13-18(22)16-6-2-3-7-17(16)20/h2-3,6-7,9-12,18,22H,4-5,8,13H2,1H3,(H,21,23). The number of hydrogen-bond donors (Lipinski definition) is 2. The molecule has 0 bridgehead atoms. The van der Waals surface area contributed by atoms with Crippen molar-refractivity contribution in [1.82, 2.24) is 5.32 Å². The molecule has 0 saturated carbocycles. The van der Waals surface area contributed by atoms with Crippen molar-refractivity contribution in [3.05, 3.63) is 64.7 Å². The van der Waals surface area contributed by atoms with Crippen molar-refractivity contribution in [2.45, 2.75) is 25.4 Å². The van der Waals surface area contributed by atoms with Gasteiger partial charge in [-0.3, -0.25) is 4.79 Å². The molecule has 0 radical (unpaired) electrons. The summed E-state index contributed by atoms with van der Waals surface area (Å²) >= 11 is 6.03. The molecule has 2 aromatic carbocycles. The van der Waals surface area contributed by atoms with E-state index in [4.69, 9.17) is 16.3 Å². The van der Waals surface area contributed by atoms with Crippen LogP contribution in [-0.2, 0) is 11.2 Å². The molecule has 1 unspecified atom stereocenters. The van der Waals surface area contributed by atoms with Crippen molar-refractivity contribution in [3.8, 4) is 5.75 Å². The Morgan fingerprint density at radius 1 is 1.21 bits per heavy atom. The first-order valence-electron chi connectivity index (χ1n) is 7.92. The van der Waals surface area contributed by atoms with Crippen molar-refractivity contribution >= 4 is 17.5 Å². The number of methoxy groups -OCH3 is 1. The van der Waals surface area contributed by atoms with Gasteiger partial charge in [0.15, 0.2) is 0 Å². The number of benzene rings is 2. The molecule has 2 rings (SSSR count). The van der Waals surface area contributed by atoms with Gasteiger partial charge in [0.05, 0.1) is 13.2 Å². The van der Waals surface area contributed by atoms with Crippen LogP contribution in [0.4, 0.5) is 0 Å². The Labute approximate surface area is 147 Å². The first kappa shape index (κ1) is 18.3. The highest BCUT2D eigenvalue weighted by atomic mass is 35.5. The molecule has 4 nitrogen and oxygen atoms in total. The molecule has 0 aromatic heterocycles. The second-order valence-corrected chi connectivity index (χ2v) is 5.95. The highest BCUT2D eigenvalue weighted by Crippen LogP contribution is 2.21. The molecule has 0 heterocycles. The molecule has 2 N–H and O–H groups in total. The summed E-state index contributed by atoms with van der Waals surface area (Å²) in [5.74, 6) is 0.750. The van der Waals surface area contributed by atoms with E-state index in [0.717, 1.165) is 18.6 Å². The van der Waals surface area contributed by atoms with Crippen molar-refractivity contribution in [2.75, 3.05) is 13.7 Å². The Balaban J connectivity index is 1.70. The predicted molar refractivity (Wildman–Crippen MR) is 95.4 cm³/mol. The topological polar surface area (TPSA) is 58.6 Å². The van der Waals surface area contributed by atoms with Gasteiger partial charge in [-0.15, -0.1) is 0 Å². The predicted octanol–water partition coefficient (Wildman–Crippen LogP) is 3.52. The molecule has 24 heavy (non-hydrogen) atoms. The summed E-state index contributed by atoms with van der Waals surface area (Å²) in [5.41, 5.74) is 1.79. The Kier molecular flexibility index (Phi) is 7.09. The largest absolute Gasteiger partial charge is 0.497 e. The number of hydrogen-bond acceptors (Lipinski definition) is 3. The van der Waals surface area contributed by atoms with Gasteiger partial charge < -0.3 is 15.2 Å². The molecule has 0 aliphatic rings. The molecule has 0 aliphatic carbocycles. The van der Waals surface area contributed by atoms with E-state index < -0.39 is 6.10 Å². The van der Waals surface area contributed by atoms with E-state index in [1.54, 1.807) is 31.4 Å². The summed E-state index contributed by atoms with van der Waals surface area (Å²) in [6.07, 6.45) is 1.19. The van der Waals surface area contributed by atoms with Crippen LogP contribution in [0, 0.1) is 0 Å². The third kappa shape index (κ3) is 5.55. The second-order valence-electron chi connectivity index (χ2n) is 5.54. The third-order valence-electron chi connectivity index (χ3n) is 3.79. The minimum absolute atomic E-state index is 0.0744. The first-order valence-corrected chi connectivity index (χ1v) is 8.30. The molecule has 0 saturated heterocycles. The summed E-state index contributed by atoms with van der Waals surface area (Å²) in [7, 11) is 1.64. The highest BCUT2D eigenvalue weighted by Gasteiger charge is 2.12. The fourth-order valence-corrected chi connectivity index (χ4v) is 2.66. The zero-order chi connectivity index (χ0) is 17.4. The van der Waals surface area contributed by atoms with Crippen LogP contribution in [0.5, 0.6) is 5.75 Å². The highest BCUT2D eigenvalue weighted by molar-refractivity contribution is 6.31. The lowest BCUT2D eigenvalue weighted by atomic mass is 10.1. The first-order chi connectivity index (χ1) is 11.6. The Morgan fingerprint density at radius 3 is 2.58 bits per heavy atom. The van der Waals surface area contributed by atoms with Gasteiger partial charge in [-0.05, 0) is 36.6 Å². The number of rotatable bonds is 8. The van der Waals surface area contributed by atoms with Crippen LogP contribution < -0.4 is 10.1 Å². The maximum atomic E-state index is 11.9. The summed E-state index contributed by atoms with van der Waals surface area (Å²) in [6, 6.07) is 14.9. The smallest absolute Gasteiger partial charge is 0.220 e. The maximum Gasteiger partial charge on any atom is 0.220 e. The lowest BCUT2D eigenvalue weighted by molar-refractivity contribution is -0.121. The monoisotopic (exact) mass is 347 g/mol. The van der Waals surface area contributed by atoms with E-state index in [2.05, 4.69) is 5.32 Å². The van der Waals surface area contributed by atoms with Crippen LogP contribution in [-0.4, -0.2) is 24.7 Å². The van der Waals surface area contributed by atoms with E-state index in [-0.39, 0.29) is 12.5 Å². The summed E-state index contributed by atoms with van der Waals surface area (Å²) in [6.45, 7) is 0.158. The molecule has 0 fully saturated rings. The van der Waals surface area contributed by atoms with Crippen LogP contribution in [0.2, 0.25) is 5.02 Å². The molecular weight excluding hydrogens is 326 g/mol. The number of amides is 1. The van der Waals surface area contributed by atoms with Crippen LogP contribution in [0.25, 0.3) is 0 Å². The Morgan fingerprint density at radius 2 is 1.92 bits per heavy atom. The van der Waals surface area contributed by atoms with Crippen LogP contribution in [0.1, 0.15) is 30.1 Å². The van der Waals surface area contributed by atoms with E-state index in [9.17, 15) is 9.90 Å². The van der Waals surface area contributed by atoms with Crippen LogP contribution >= 0.6 is 11.6 Å². The number of nitrogens with one attached hydrogen (secondary N) is 1. The Hall–Kier alpha value is -2.04. The number of carbonyl (C=O) groups excluding carboxylic acids is 1. The zero-order valence-electron chi connectivity index (χ0n) is 13.7. The summed E-state index contributed by atoms with van der Waals surface area (Å²) in [5, 5.41) is 13.3. The number of aliphatic hydroxyl groups is 1. The minimum atomic E-state index is -0.802. The normalized spacial score (nSPS) is 11.8. The van der Waals surface area contributed by atoms with Crippen molar-refractivity contribution in [2.24, 2.45) is 0 Å². The van der Waals surface area contributed by atoms with Gasteiger partial charge in [0, 0.05) is 23.6 Å². The van der Waals surface area contributed by atoms with Gasteiger partial charge >= 0.3 is 0 Å². The van der Waals surface area contributed by atoms with Gasteiger partial charge in [-0.25, -0.2) is 0 Å². The number of aryl methyl sites for hydroxylation is 1. The van der Waals surface area contributed by atoms with Gasteiger partial charge in [0.1, 0.15) is 5.75 Å². The van der Waals surface area contributed by atoms with Gasteiger partial charge in [0.2, 0.25) is 5.91 Å². The van der Waals surface area contributed by atoms with Crippen molar-refractivity contribution < 1.29 is 14.6 Å². The molecule has 0 aliphatic heterocycles. The maximum absolute atomic E-state index is 11.9. The van der Waals surface area contributed by atoms with Crippen LogP contribution in [0.15, 0.2) is 48.5 Å². The second kappa shape index (κ2) is 9.30. The van der Waals surface area contributed by atoms with Crippen LogP contribution in [0.3, 0.4) is 0 Å². The van der Waals surface area contributed by atoms with E-state index in [1.165, 1.54) is 5.56 Å². The SMILES string of the molecule is COc1ccc(CCCC(=O)NCC(O)c2ccccc2Cl)cc1. The number of carbonyl (C=O) groups is 1. The molecule has 128 valence electrons. The molecule has 1 amide bonds. The molecule has 2 aromatic rings. The number of aliphatic hydroxyl groups excluding tert-OH is 1. The molecule has 0 spiro atoms. The van der Waals surface area contributed by atoms with Gasteiger partial charge in [-0.1, -0.05) is 41.9 Å². The summed E-state index contributed by atoms with van der Waals surface area (Å²) < 4.78 is 5.11. The molecule has 1 atom stereocenters. The minimum Gasteiger partial charge on any atom is -0.497 e. The fraction of sp³-hybridized carbons (Fsp3) is 0.316. The van der Waals surface area contributed by atoms with E-state index in [1.807, 2.05) is 24.3 Å². The quantitative estimate of drug-likeness (QED) is 0.768. The van der Waals surface area contributed by atoms with Gasteiger partial charge in [-0.2, -0.15) is 0 Å². The zero-order valence-corrected chi connectivity index (χ0v) is 14.4. The molecular formula is C19H22ClNO3. The van der Waals surface area contributed by atoms with E-state index in [0.29, 0.717) is 17.0 Å². The fourth-order valence-electron chi connectivity index (χ4n) is 2.40. The number of ether oxygens (including phenoxy) is 1. The van der Waals surface area contributed by atoms with Crippen molar-refractivity contribution in [3.63, 3.8) is 0 Å². The third-order valence-corrected chi connectivity index (χ3v) is 4.13. The van der Waals surface area contributed by atoms with Gasteiger partial charge in [0.25, 0.3) is 0 Å². The van der Waals surface area contributed by atoms with E-state index >= 15 is 0 Å². The lowest BCUT2D eigenvalue weighted by Crippen LogP contribution is -2.28.